The van der Waals surface area contributed by atoms with Crippen molar-refractivity contribution in [3.05, 3.63) is 18.3 Å². The van der Waals surface area contributed by atoms with Crippen LogP contribution in [0.2, 0.25) is 0 Å². The summed E-state index contributed by atoms with van der Waals surface area (Å²) < 4.78 is 52.2. The average Bonchev–Trinajstić information content (AvgIpc) is 2.76. The van der Waals surface area contributed by atoms with Gasteiger partial charge in [0.25, 0.3) is 0 Å². The third-order valence-corrected chi connectivity index (χ3v) is 3.64. The summed E-state index contributed by atoms with van der Waals surface area (Å²) in [5.74, 6) is 0.223. The van der Waals surface area contributed by atoms with E-state index in [1.54, 1.807) is 12.1 Å². The van der Waals surface area contributed by atoms with E-state index in [4.69, 9.17) is 4.84 Å². The van der Waals surface area contributed by atoms with Gasteiger partial charge in [-0.25, -0.2) is 0 Å². The molecule has 0 radical (unpaired) electrons. The number of nitrogens with zero attached hydrogens (tertiary/aromatic N) is 4. The van der Waals surface area contributed by atoms with Gasteiger partial charge in [0.1, 0.15) is 0 Å². The molecule has 12 heteroatoms. The Bertz CT molecular complexity index is 578. The minimum atomic E-state index is -7.99. The molecule has 0 spiro atoms. The number of rotatable bonds is 2. The summed E-state index contributed by atoms with van der Waals surface area (Å²) in [5.41, 5.74) is 5.64. The first-order valence-electron chi connectivity index (χ1n) is 5.69. The van der Waals surface area contributed by atoms with Crippen molar-refractivity contribution in [2.45, 2.75) is 0 Å². The Morgan fingerprint density at radius 2 is 2.05 bits per heavy atom. The quantitative estimate of drug-likeness (QED) is 0.285. The van der Waals surface area contributed by atoms with Gasteiger partial charge in [-0.3, -0.25) is 0 Å². The predicted molar refractivity (Wildman–Crippen MR) is 70.8 cm³/mol. The van der Waals surface area contributed by atoms with Crippen molar-refractivity contribution in [2.75, 3.05) is 31.7 Å². The van der Waals surface area contributed by atoms with Crippen molar-refractivity contribution in [3.8, 4) is 0 Å². The van der Waals surface area contributed by atoms with E-state index in [0.29, 0.717) is 12.7 Å². The Balaban J connectivity index is 2.27. The molecular formula is C9H14F4N6OP+. The Hall–Kier alpha value is -1.87. The summed E-state index contributed by atoms with van der Waals surface area (Å²) in [4.78, 5) is 9.04. The van der Waals surface area contributed by atoms with Crippen molar-refractivity contribution >= 4 is 25.5 Å². The Labute approximate surface area is 118 Å². The third-order valence-electron chi connectivity index (χ3n) is 2.56. The summed E-state index contributed by atoms with van der Waals surface area (Å²) >= 11 is 0. The van der Waals surface area contributed by atoms with Crippen LogP contribution >= 0.6 is 8.00 Å². The second kappa shape index (κ2) is 4.85. The molecule has 1 aliphatic heterocycles. The van der Waals surface area contributed by atoms with Crippen molar-refractivity contribution in [1.29, 1.82) is 0 Å². The number of fused-ring (bicyclic) bond motifs is 1. The molecular weight excluding hydrogens is 315 g/mol. The van der Waals surface area contributed by atoms with Crippen LogP contribution < -0.4 is 16.1 Å². The molecule has 0 bridgehead atoms. The molecule has 21 heavy (non-hydrogen) atoms. The molecule has 2 heterocycles. The van der Waals surface area contributed by atoms with Gasteiger partial charge in [0.15, 0.2) is 0 Å². The molecule has 0 saturated heterocycles. The number of hydrogen-bond donors (Lipinski definition) is 2. The fraction of sp³-hybridized carbons (Fsp3) is 0.333. The second-order valence-electron chi connectivity index (χ2n) is 4.38. The number of hydrogen-bond acceptors (Lipinski definition) is 5. The predicted octanol–water partition coefficient (Wildman–Crippen LogP) is 2.23. The summed E-state index contributed by atoms with van der Waals surface area (Å²) in [6.45, 7) is 0. The van der Waals surface area contributed by atoms with Crippen LogP contribution in [0.5, 0.6) is 0 Å². The van der Waals surface area contributed by atoms with E-state index in [1.165, 1.54) is 20.3 Å². The first kappa shape index (κ1) is 15.5. The molecule has 0 fully saturated rings. The maximum atomic E-state index is 12.9. The number of halogens is 4. The first-order chi connectivity index (χ1) is 9.56. The minimum absolute atomic E-state index is 0.223. The van der Waals surface area contributed by atoms with Gasteiger partial charge in [-0.05, 0) is 0 Å². The molecule has 0 aromatic carbocycles. The summed E-state index contributed by atoms with van der Waals surface area (Å²) in [6.07, 6.45) is 1.44. The van der Waals surface area contributed by atoms with E-state index in [2.05, 4.69) is 15.9 Å². The number of amidine groups is 1. The molecule has 0 aliphatic carbocycles. The van der Waals surface area contributed by atoms with Gasteiger partial charge >= 0.3 is 117 Å². The van der Waals surface area contributed by atoms with Gasteiger partial charge in [0.2, 0.25) is 0 Å². The summed E-state index contributed by atoms with van der Waals surface area (Å²) in [6, 6.07) is 2.54. The molecule has 7 nitrogen and oxygen atoms in total. The van der Waals surface area contributed by atoms with Gasteiger partial charge < -0.3 is 0 Å². The Morgan fingerprint density at radius 3 is 2.62 bits per heavy atom. The standard InChI is InChI=1S/C9H14F4N6OP/c1-17(2)9(18(3)21(10,11,12)13)20-19-8-7(15-16-19)5-4-6-14-8/h4-6,15-16H,1-3H3/q+1. The topological polar surface area (TPSA) is 55.7 Å². The van der Waals surface area contributed by atoms with Crippen molar-refractivity contribution in [1.82, 2.24) is 15.2 Å². The fourth-order valence-electron chi connectivity index (χ4n) is 1.53. The average molecular weight is 329 g/mol. The first-order valence-corrected chi connectivity index (χ1v) is 7.44. The van der Waals surface area contributed by atoms with E-state index in [1.807, 2.05) is 0 Å². The van der Waals surface area contributed by atoms with Gasteiger partial charge in [-0.15, -0.1) is 0 Å². The van der Waals surface area contributed by atoms with Crippen LogP contribution in [-0.4, -0.2) is 41.4 Å². The van der Waals surface area contributed by atoms with Crippen LogP contribution in [0.3, 0.4) is 0 Å². The number of pyridine rings is 1. The van der Waals surface area contributed by atoms with Crippen LogP contribution in [0.1, 0.15) is 0 Å². The second-order valence-corrected chi connectivity index (χ2v) is 6.35. The molecule has 2 rings (SSSR count). The van der Waals surface area contributed by atoms with Crippen LogP contribution in [0.15, 0.2) is 18.3 Å². The molecule has 1 aromatic heterocycles. The number of nitrogens with one attached hydrogen (secondary N) is 2. The fourth-order valence-corrected chi connectivity index (χ4v) is 2.00. The Kier molecular flexibility index (Phi) is 3.58. The van der Waals surface area contributed by atoms with Gasteiger partial charge in [0, 0.05) is 0 Å². The molecule has 1 aromatic rings. The SMILES string of the molecule is CN(C(ON1NNc2cccnc21)=[N+](C)C)P(F)(F)(F)F. The number of hydrazine groups is 2. The summed E-state index contributed by atoms with van der Waals surface area (Å²) in [5, 5.41) is 0.878. The zero-order valence-electron chi connectivity index (χ0n) is 11.4. The van der Waals surface area contributed by atoms with Crippen LogP contribution in [0.25, 0.3) is 0 Å². The molecule has 118 valence electrons. The van der Waals surface area contributed by atoms with Gasteiger partial charge in [-0.1, -0.05) is 0 Å². The maximum absolute atomic E-state index is 12.9. The number of anilines is 2. The van der Waals surface area contributed by atoms with Crippen LogP contribution in [-0.2, 0) is 4.84 Å². The third kappa shape index (κ3) is 3.24. The zero-order chi connectivity index (χ0) is 15.9. The monoisotopic (exact) mass is 329 g/mol. The van der Waals surface area contributed by atoms with E-state index < -0.39 is 18.7 Å². The van der Waals surface area contributed by atoms with Gasteiger partial charge in [0.05, 0.1) is 0 Å². The zero-order valence-corrected chi connectivity index (χ0v) is 12.3. The van der Waals surface area contributed by atoms with E-state index in [0.717, 1.165) is 9.75 Å². The molecule has 0 amide bonds. The van der Waals surface area contributed by atoms with E-state index >= 15 is 0 Å². The summed E-state index contributed by atoms with van der Waals surface area (Å²) in [7, 11) is -4.82. The number of aromatic nitrogens is 1. The van der Waals surface area contributed by atoms with Crippen molar-refractivity contribution in [2.24, 2.45) is 0 Å². The van der Waals surface area contributed by atoms with E-state index in [9.17, 15) is 16.8 Å². The Morgan fingerprint density at radius 1 is 1.38 bits per heavy atom. The molecule has 0 unspecified atom stereocenters. The normalized spacial score (nSPS) is 15.6. The van der Waals surface area contributed by atoms with Crippen LogP contribution in [0, 0.1) is 0 Å². The van der Waals surface area contributed by atoms with E-state index in [-0.39, 0.29) is 5.82 Å². The molecule has 0 saturated carbocycles. The molecule has 1 aliphatic rings. The molecule has 2 N–H and O–H groups in total. The van der Waals surface area contributed by atoms with Crippen molar-refractivity contribution < 1.29 is 26.2 Å². The van der Waals surface area contributed by atoms with Gasteiger partial charge in [-0.2, -0.15) is 0 Å². The molecule has 0 atom stereocenters. The van der Waals surface area contributed by atoms with Crippen LogP contribution in [0.4, 0.5) is 28.3 Å². The van der Waals surface area contributed by atoms with Crippen molar-refractivity contribution in [3.63, 3.8) is 0 Å².